The Morgan fingerprint density at radius 2 is 2.11 bits per heavy atom. The van der Waals surface area contributed by atoms with Crippen molar-refractivity contribution in [2.24, 2.45) is 11.1 Å². The monoisotopic (exact) mass is 268 g/mol. The molecule has 0 aromatic carbocycles. The number of hydrogen-bond donors (Lipinski definition) is 2. The van der Waals surface area contributed by atoms with Crippen LogP contribution < -0.4 is 5.73 Å². The van der Waals surface area contributed by atoms with E-state index in [9.17, 15) is 0 Å². The van der Waals surface area contributed by atoms with Gasteiger partial charge in [0.15, 0.2) is 0 Å². The van der Waals surface area contributed by atoms with Crippen LogP contribution in [0.1, 0.15) is 46.0 Å². The molecule has 0 aromatic heterocycles. The highest BCUT2D eigenvalue weighted by atomic mass is 15.2. The lowest BCUT2D eigenvalue weighted by molar-refractivity contribution is 0.132. The molecular formula is C15H32N4. The van der Waals surface area contributed by atoms with Gasteiger partial charge in [-0.3, -0.25) is 5.41 Å². The molecule has 0 spiro atoms. The maximum absolute atomic E-state index is 7.56. The first-order valence-electron chi connectivity index (χ1n) is 7.56. The Labute approximate surface area is 118 Å². The van der Waals surface area contributed by atoms with E-state index in [-0.39, 0.29) is 5.41 Å². The third-order valence-corrected chi connectivity index (χ3v) is 4.51. The van der Waals surface area contributed by atoms with Crippen molar-refractivity contribution in [2.75, 3.05) is 33.7 Å². The second kappa shape index (κ2) is 7.25. The number of likely N-dealkylation sites (tertiary alicyclic amines) is 1. The topological polar surface area (TPSA) is 56.4 Å². The van der Waals surface area contributed by atoms with Crippen LogP contribution in [-0.2, 0) is 0 Å². The van der Waals surface area contributed by atoms with E-state index in [0.717, 1.165) is 25.4 Å². The van der Waals surface area contributed by atoms with Crippen LogP contribution in [0.5, 0.6) is 0 Å². The standard InChI is InChI=1S/C15H32N4/c1-15(2,14(16)17)9-5-6-11-19(4)13-8-7-10-18(3)12-13/h13H,5-12H2,1-4H3,(H3,16,17). The molecule has 3 N–H and O–H groups in total. The van der Waals surface area contributed by atoms with Crippen molar-refractivity contribution in [1.29, 1.82) is 5.41 Å². The largest absolute Gasteiger partial charge is 0.387 e. The molecule has 0 bridgehead atoms. The summed E-state index contributed by atoms with van der Waals surface area (Å²) < 4.78 is 0. The Balaban J connectivity index is 2.20. The molecule has 1 atom stereocenters. The fourth-order valence-corrected chi connectivity index (χ4v) is 2.74. The number of amidine groups is 1. The highest BCUT2D eigenvalue weighted by Gasteiger charge is 2.22. The number of hydrogen-bond acceptors (Lipinski definition) is 3. The lowest BCUT2D eigenvalue weighted by Gasteiger charge is -2.36. The molecule has 1 aliphatic heterocycles. The number of nitrogens with one attached hydrogen (secondary N) is 1. The highest BCUT2D eigenvalue weighted by molar-refractivity contribution is 5.82. The lowest BCUT2D eigenvalue weighted by Crippen LogP contribution is -2.45. The molecule has 0 aromatic rings. The summed E-state index contributed by atoms with van der Waals surface area (Å²) in [6, 6.07) is 0.722. The quantitative estimate of drug-likeness (QED) is 0.422. The van der Waals surface area contributed by atoms with E-state index in [1.54, 1.807) is 0 Å². The summed E-state index contributed by atoms with van der Waals surface area (Å²) in [6.45, 7) is 7.74. The van der Waals surface area contributed by atoms with Gasteiger partial charge in [0.2, 0.25) is 0 Å². The first-order chi connectivity index (χ1) is 8.83. The molecule has 112 valence electrons. The van der Waals surface area contributed by atoms with Crippen LogP contribution in [0, 0.1) is 10.8 Å². The number of piperidine rings is 1. The predicted molar refractivity (Wildman–Crippen MR) is 82.7 cm³/mol. The molecule has 1 unspecified atom stereocenters. The molecule has 19 heavy (non-hydrogen) atoms. The van der Waals surface area contributed by atoms with Gasteiger partial charge in [0.1, 0.15) is 0 Å². The zero-order chi connectivity index (χ0) is 14.5. The summed E-state index contributed by atoms with van der Waals surface area (Å²) in [5.74, 6) is 0.315. The van der Waals surface area contributed by atoms with Gasteiger partial charge in [-0.15, -0.1) is 0 Å². The first-order valence-corrected chi connectivity index (χ1v) is 7.56. The summed E-state index contributed by atoms with van der Waals surface area (Å²) in [4.78, 5) is 4.94. The van der Waals surface area contributed by atoms with E-state index in [0.29, 0.717) is 5.84 Å². The number of unbranched alkanes of at least 4 members (excludes halogenated alkanes) is 1. The predicted octanol–water partition coefficient (Wildman–Crippen LogP) is 2.14. The van der Waals surface area contributed by atoms with Crippen LogP contribution in [0.4, 0.5) is 0 Å². The first kappa shape index (κ1) is 16.4. The van der Waals surface area contributed by atoms with Gasteiger partial charge >= 0.3 is 0 Å². The van der Waals surface area contributed by atoms with Gasteiger partial charge in [0, 0.05) is 18.0 Å². The summed E-state index contributed by atoms with van der Waals surface area (Å²) in [7, 11) is 4.47. The van der Waals surface area contributed by atoms with Crippen LogP contribution in [0.3, 0.4) is 0 Å². The Morgan fingerprint density at radius 3 is 2.68 bits per heavy atom. The fourth-order valence-electron chi connectivity index (χ4n) is 2.74. The molecule has 1 saturated heterocycles. The van der Waals surface area contributed by atoms with Crippen LogP contribution in [-0.4, -0.2) is 55.4 Å². The average Bonchev–Trinajstić information content (AvgIpc) is 2.34. The molecule has 1 fully saturated rings. The summed E-state index contributed by atoms with van der Waals surface area (Å²) >= 11 is 0. The SMILES string of the molecule is CN1CCCC(N(C)CCCCC(C)(C)C(=N)N)C1. The van der Waals surface area contributed by atoms with Gasteiger partial charge in [0.05, 0.1) is 5.84 Å². The third-order valence-electron chi connectivity index (χ3n) is 4.51. The van der Waals surface area contributed by atoms with E-state index >= 15 is 0 Å². The van der Waals surface area contributed by atoms with Gasteiger partial charge in [-0.1, -0.05) is 20.3 Å². The van der Waals surface area contributed by atoms with Gasteiger partial charge in [-0.05, 0) is 52.9 Å². The number of rotatable bonds is 7. The highest BCUT2D eigenvalue weighted by Crippen LogP contribution is 2.23. The smallest absolute Gasteiger partial charge is 0.0963 e. The molecule has 0 amide bonds. The molecule has 4 heteroatoms. The van der Waals surface area contributed by atoms with Crippen LogP contribution in [0.15, 0.2) is 0 Å². The fraction of sp³-hybridized carbons (Fsp3) is 0.933. The normalized spacial score (nSPS) is 21.8. The third kappa shape index (κ3) is 5.49. The zero-order valence-electron chi connectivity index (χ0n) is 13.2. The van der Waals surface area contributed by atoms with E-state index in [1.807, 2.05) is 0 Å². The Morgan fingerprint density at radius 1 is 1.42 bits per heavy atom. The van der Waals surface area contributed by atoms with Gasteiger partial charge in [-0.2, -0.15) is 0 Å². The van der Waals surface area contributed by atoms with Gasteiger partial charge in [0.25, 0.3) is 0 Å². The van der Waals surface area contributed by atoms with Crippen molar-refractivity contribution in [3.63, 3.8) is 0 Å². The van der Waals surface area contributed by atoms with E-state index in [2.05, 4.69) is 37.7 Å². The van der Waals surface area contributed by atoms with Gasteiger partial charge < -0.3 is 15.5 Å². The molecule has 1 rings (SSSR count). The molecule has 0 saturated carbocycles. The Kier molecular flexibility index (Phi) is 6.27. The minimum absolute atomic E-state index is 0.135. The molecule has 4 nitrogen and oxygen atoms in total. The van der Waals surface area contributed by atoms with Crippen molar-refractivity contribution in [3.8, 4) is 0 Å². The molecule has 0 radical (unpaired) electrons. The van der Waals surface area contributed by atoms with Crippen molar-refractivity contribution >= 4 is 5.84 Å². The zero-order valence-corrected chi connectivity index (χ0v) is 13.2. The van der Waals surface area contributed by atoms with Crippen LogP contribution in [0.25, 0.3) is 0 Å². The van der Waals surface area contributed by atoms with Crippen molar-refractivity contribution in [2.45, 2.75) is 52.0 Å². The molecule has 0 aliphatic carbocycles. The van der Waals surface area contributed by atoms with E-state index in [4.69, 9.17) is 11.1 Å². The minimum Gasteiger partial charge on any atom is -0.387 e. The van der Waals surface area contributed by atoms with Crippen molar-refractivity contribution < 1.29 is 0 Å². The summed E-state index contributed by atoms with van der Waals surface area (Å²) in [5, 5.41) is 7.56. The second-order valence-electron chi connectivity index (χ2n) is 6.79. The summed E-state index contributed by atoms with van der Waals surface area (Å²) in [5.41, 5.74) is 5.48. The van der Waals surface area contributed by atoms with Crippen LogP contribution >= 0.6 is 0 Å². The Hall–Kier alpha value is -0.610. The van der Waals surface area contributed by atoms with Gasteiger partial charge in [-0.25, -0.2) is 0 Å². The van der Waals surface area contributed by atoms with Crippen molar-refractivity contribution in [1.82, 2.24) is 9.80 Å². The number of nitrogens with zero attached hydrogens (tertiary/aromatic N) is 2. The maximum atomic E-state index is 7.56. The molecule has 1 aliphatic rings. The molecular weight excluding hydrogens is 236 g/mol. The van der Waals surface area contributed by atoms with Crippen molar-refractivity contribution in [3.05, 3.63) is 0 Å². The van der Waals surface area contributed by atoms with Crippen LogP contribution in [0.2, 0.25) is 0 Å². The summed E-state index contributed by atoms with van der Waals surface area (Å²) in [6.07, 6.45) is 6.02. The lowest BCUT2D eigenvalue weighted by atomic mass is 9.86. The minimum atomic E-state index is -0.135. The van der Waals surface area contributed by atoms with E-state index < -0.39 is 0 Å². The second-order valence-corrected chi connectivity index (χ2v) is 6.79. The average molecular weight is 268 g/mol. The number of likely N-dealkylation sites (N-methyl/N-ethyl adjacent to an activating group) is 2. The number of nitrogens with two attached hydrogens (primary N) is 1. The molecule has 1 heterocycles. The van der Waals surface area contributed by atoms with E-state index in [1.165, 1.54) is 32.4 Å². The Bertz CT molecular complexity index is 288. The maximum Gasteiger partial charge on any atom is 0.0963 e.